The van der Waals surface area contributed by atoms with Crippen LogP contribution in [0.4, 0.5) is 0 Å². The summed E-state index contributed by atoms with van der Waals surface area (Å²) in [5, 5.41) is 0. The number of hydrogen-bond donors (Lipinski definition) is 0. The Morgan fingerprint density at radius 3 is 1.67 bits per heavy atom. The number of rotatable bonds is 4. The van der Waals surface area contributed by atoms with Gasteiger partial charge in [-0.15, -0.1) is 0 Å². The number of carbonyl (C=O) groups excluding carboxylic acids is 2. The Hall–Kier alpha value is -0.830. The van der Waals surface area contributed by atoms with Crippen LogP contribution >= 0.6 is 7.80 Å². The molecule has 0 spiro atoms. The van der Waals surface area contributed by atoms with Crippen molar-refractivity contribution in [3.8, 4) is 0 Å². The maximum absolute atomic E-state index is 10.9. The number of ether oxygens (including phenoxy) is 2. The van der Waals surface area contributed by atoms with E-state index in [-0.39, 0.29) is 12.7 Å². The molecule has 0 bridgehead atoms. The largest absolute Gasteiger partial charge is 0.458 e. The molecule has 0 rings (SSSR count). The Balaban J connectivity index is 3.47. The third kappa shape index (κ3) is 7.28. The molecule has 12 heavy (non-hydrogen) atoms. The van der Waals surface area contributed by atoms with Crippen molar-refractivity contribution in [3.63, 3.8) is 0 Å². The first-order valence-corrected chi connectivity index (χ1v) is 5.13. The van der Waals surface area contributed by atoms with Crippen LogP contribution in [0.1, 0.15) is 13.8 Å². The molecular weight excluding hydrogens is 183 g/mol. The molecule has 0 aromatic rings. The average Bonchev–Trinajstić information content (AvgIpc) is 1.96. The van der Waals surface area contributed by atoms with Gasteiger partial charge in [0, 0.05) is 13.8 Å². The molecule has 0 aliphatic heterocycles. The maximum atomic E-state index is 10.9. The van der Waals surface area contributed by atoms with Gasteiger partial charge in [0.25, 0.3) is 0 Å². The molecule has 0 saturated heterocycles. The topological polar surface area (TPSA) is 69.7 Å². The van der Waals surface area contributed by atoms with Crippen molar-refractivity contribution in [1.29, 1.82) is 0 Å². The van der Waals surface area contributed by atoms with Gasteiger partial charge in [-0.2, -0.15) is 0 Å². The third-order valence-electron chi connectivity index (χ3n) is 0.873. The molecule has 0 aromatic carbocycles. The Bertz CT molecular complexity index is 180. The normalized spacial score (nSPS) is 9.58. The Labute approximate surface area is 70.8 Å². The first kappa shape index (κ1) is 11.2. The fourth-order valence-corrected chi connectivity index (χ4v) is 1.22. The summed E-state index contributed by atoms with van der Waals surface area (Å²) in [4.78, 5) is 20.5. The predicted octanol–water partition coefficient (Wildman–Crippen LogP) is 0.587. The molecule has 0 atom stereocenters. The minimum absolute atomic E-state index is 0.159. The van der Waals surface area contributed by atoms with Gasteiger partial charge in [-0.25, -0.2) is 0 Å². The van der Waals surface area contributed by atoms with Crippen LogP contribution in [-0.2, 0) is 23.6 Å². The molecule has 0 aliphatic rings. The van der Waals surface area contributed by atoms with E-state index < -0.39 is 19.7 Å². The third-order valence-corrected chi connectivity index (χ3v) is 1.81. The molecule has 0 radical (unpaired) electrons. The van der Waals surface area contributed by atoms with E-state index in [0.29, 0.717) is 0 Å². The first-order chi connectivity index (χ1) is 5.52. The molecule has 5 nitrogen and oxygen atoms in total. The summed E-state index contributed by atoms with van der Waals surface area (Å²) in [5.41, 5.74) is 0. The number of hydrogen-bond acceptors (Lipinski definition) is 5. The highest BCUT2D eigenvalue weighted by Crippen LogP contribution is 2.19. The van der Waals surface area contributed by atoms with Crippen LogP contribution in [-0.4, -0.2) is 24.6 Å². The fourth-order valence-electron chi connectivity index (χ4n) is 0.406. The van der Waals surface area contributed by atoms with Gasteiger partial charge < -0.3 is 14.0 Å². The molecule has 0 aliphatic carbocycles. The monoisotopic (exact) mass is 194 g/mol. The van der Waals surface area contributed by atoms with E-state index in [1.807, 2.05) is 0 Å². The van der Waals surface area contributed by atoms with E-state index in [1.165, 1.54) is 13.8 Å². The lowest BCUT2D eigenvalue weighted by Gasteiger charge is -2.02. The van der Waals surface area contributed by atoms with E-state index in [4.69, 9.17) is 0 Å². The lowest BCUT2D eigenvalue weighted by Crippen LogP contribution is -2.02. The van der Waals surface area contributed by atoms with Gasteiger partial charge in [-0.3, -0.25) is 9.59 Å². The smallest absolute Gasteiger partial charge is 0.303 e. The van der Waals surface area contributed by atoms with Crippen LogP contribution in [0.25, 0.3) is 0 Å². The van der Waals surface area contributed by atoms with Crippen molar-refractivity contribution in [1.82, 2.24) is 0 Å². The van der Waals surface area contributed by atoms with E-state index in [0.717, 1.165) is 0 Å². The van der Waals surface area contributed by atoms with Crippen molar-refractivity contribution >= 4 is 19.7 Å². The van der Waals surface area contributed by atoms with Crippen molar-refractivity contribution in [2.24, 2.45) is 0 Å². The second kappa shape index (κ2) is 5.77. The lowest BCUT2D eigenvalue weighted by atomic mass is 10.8. The van der Waals surface area contributed by atoms with Gasteiger partial charge >= 0.3 is 11.9 Å². The summed E-state index contributed by atoms with van der Waals surface area (Å²) in [6.07, 6.45) is -0.319. The molecule has 0 aromatic heterocycles. The summed E-state index contributed by atoms with van der Waals surface area (Å²) in [6, 6.07) is 0. The van der Waals surface area contributed by atoms with E-state index in [2.05, 4.69) is 9.47 Å². The van der Waals surface area contributed by atoms with Crippen molar-refractivity contribution in [3.05, 3.63) is 0 Å². The Morgan fingerprint density at radius 1 is 1.08 bits per heavy atom. The summed E-state index contributed by atoms with van der Waals surface area (Å²) >= 11 is 0. The Kier molecular flexibility index (Phi) is 5.37. The molecule has 0 fully saturated rings. The second-order valence-electron chi connectivity index (χ2n) is 2.10. The minimum atomic E-state index is -2.12. The van der Waals surface area contributed by atoms with Gasteiger partial charge in [0.1, 0.15) is 20.5 Å². The van der Waals surface area contributed by atoms with Crippen molar-refractivity contribution < 1.29 is 23.6 Å². The quantitative estimate of drug-likeness (QED) is 0.483. The Morgan fingerprint density at radius 2 is 1.42 bits per heavy atom. The van der Waals surface area contributed by atoms with E-state index in [9.17, 15) is 14.2 Å². The standard InChI is InChI=1S/C6H11O5P/c1-5(7)10-3-12(9)4-11-6(2)8/h12H,3-4H2,1-2H3. The zero-order valence-electron chi connectivity index (χ0n) is 6.96. The number of esters is 2. The minimum Gasteiger partial charge on any atom is -0.458 e. The second-order valence-corrected chi connectivity index (χ2v) is 3.75. The van der Waals surface area contributed by atoms with E-state index >= 15 is 0 Å². The highest BCUT2D eigenvalue weighted by Gasteiger charge is 2.03. The molecule has 0 amide bonds. The summed E-state index contributed by atoms with van der Waals surface area (Å²) in [5.74, 6) is -0.979. The molecule has 0 N–H and O–H groups in total. The van der Waals surface area contributed by atoms with Crippen molar-refractivity contribution in [2.75, 3.05) is 12.7 Å². The van der Waals surface area contributed by atoms with Crippen LogP contribution in [0, 0.1) is 0 Å². The highest BCUT2D eigenvalue weighted by atomic mass is 31.1. The number of carbonyl (C=O) groups is 2. The van der Waals surface area contributed by atoms with Crippen LogP contribution in [0.3, 0.4) is 0 Å². The molecule has 0 heterocycles. The first-order valence-electron chi connectivity index (χ1n) is 3.31. The van der Waals surface area contributed by atoms with Crippen LogP contribution in [0.2, 0.25) is 0 Å². The van der Waals surface area contributed by atoms with Gasteiger partial charge in [-0.1, -0.05) is 0 Å². The van der Waals surface area contributed by atoms with Gasteiger partial charge in [0.15, 0.2) is 0 Å². The average molecular weight is 194 g/mol. The highest BCUT2D eigenvalue weighted by molar-refractivity contribution is 7.44. The summed E-state index contributed by atoms with van der Waals surface area (Å²) in [7, 11) is -2.12. The maximum Gasteiger partial charge on any atom is 0.303 e. The molecular formula is C6H11O5P. The fraction of sp³-hybridized carbons (Fsp3) is 0.667. The van der Waals surface area contributed by atoms with Crippen molar-refractivity contribution in [2.45, 2.75) is 13.8 Å². The zero-order valence-corrected chi connectivity index (χ0v) is 7.96. The van der Waals surface area contributed by atoms with Gasteiger partial charge in [0.05, 0.1) is 0 Å². The predicted molar refractivity (Wildman–Crippen MR) is 42.3 cm³/mol. The molecule has 0 saturated carbocycles. The van der Waals surface area contributed by atoms with Crippen LogP contribution in [0.5, 0.6) is 0 Å². The SMILES string of the molecule is CC(=O)OC[PH](=O)COC(C)=O. The van der Waals surface area contributed by atoms with Crippen LogP contribution in [0.15, 0.2) is 0 Å². The van der Waals surface area contributed by atoms with E-state index in [1.54, 1.807) is 0 Å². The zero-order chi connectivity index (χ0) is 9.56. The summed E-state index contributed by atoms with van der Waals surface area (Å²) < 4.78 is 19.8. The molecule has 0 unspecified atom stereocenters. The van der Waals surface area contributed by atoms with Gasteiger partial charge in [0.2, 0.25) is 0 Å². The lowest BCUT2D eigenvalue weighted by molar-refractivity contribution is -0.138. The summed E-state index contributed by atoms with van der Waals surface area (Å²) in [6.45, 7) is 2.45. The molecule has 6 heteroatoms. The van der Waals surface area contributed by atoms with Gasteiger partial charge in [-0.05, 0) is 0 Å². The van der Waals surface area contributed by atoms with Crippen LogP contribution < -0.4 is 0 Å². The molecule has 70 valence electrons.